The molecule has 0 aromatic heterocycles. The second-order valence-electron chi connectivity index (χ2n) is 8.70. The summed E-state index contributed by atoms with van der Waals surface area (Å²) in [6, 6.07) is 25.0. The van der Waals surface area contributed by atoms with E-state index in [1.54, 1.807) is 4.90 Å². The molecule has 0 spiro atoms. The Morgan fingerprint density at radius 1 is 0.944 bits per heavy atom. The van der Waals surface area contributed by atoms with Gasteiger partial charge in [-0.15, -0.1) is 0 Å². The third-order valence-corrected chi connectivity index (χ3v) is 8.55. The highest BCUT2D eigenvalue weighted by atomic mass is 35.5. The van der Waals surface area contributed by atoms with E-state index in [0.717, 1.165) is 4.31 Å². The van der Waals surface area contributed by atoms with Crippen LogP contribution in [-0.4, -0.2) is 75.3 Å². The van der Waals surface area contributed by atoms with E-state index in [0.29, 0.717) is 31.9 Å². The summed E-state index contributed by atoms with van der Waals surface area (Å²) < 4.78 is 32.2. The summed E-state index contributed by atoms with van der Waals surface area (Å²) >= 11 is 6.11. The molecular weight excluding hydrogens is 498 g/mol. The predicted octanol–water partition coefficient (Wildman–Crippen LogP) is 3.90. The molecule has 0 N–H and O–H groups in total. The van der Waals surface area contributed by atoms with Gasteiger partial charge in [0, 0.05) is 33.2 Å². The first kappa shape index (κ1) is 26.2. The van der Waals surface area contributed by atoms with Gasteiger partial charge in [0.2, 0.25) is 15.9 Å². The van der Waals surface area contributed by atoms with Crippen molar-refractivity contribution in [3.8, 4) is 5.75 Å². The van der Waals surface area contributed by atoms with Crippen LogP contribution in [0.15, 0.2) is 83.8 Å². The molecule has 7 nitrogen and oxygen atoms in total. The van der Waals surface area contributed by atoms with E-state index >= 15 is 0 Å². The van der Waals surface area contributed by atoms with Gasteiger partial charge in [0.25, 0.3) is 0 Å². The lowest BCUT2D eigenvalue weighted by molar-refractivity contribution is -0.133. The van der Waals surface area contributed by atoms with E-state index in [1.165, 1.54) is 43.5 Å². The van der Waals surface area contributed by atoms with Crippen LogP contribution < -0.4 is 4.74 Å². The predicted molar refractivity (Wildman–Crippen MR) is 141 cm³/mol. The van der Waals surface area contributed by atoms with Crippen LogP contribution in [0.3, 0.4) is 0 Å². The van der Waals surface area contributed by atoms with Gasteiger partial charge < -0.3 is 9.64 Å². The Hall–Kier alpha value is -2.91. The van der Waals surface area contributed by atoms with Crippen LogP contribution in [0.1, 0.15) is 17.2 Å². The van der Waals surface area contributed by atoms with E-state index in [-0.39, 0.29) is 28.4 Å². The highest BCUT2D eigenvalue weighted by Crippen LogP contribution is 2.30. The van der Waals surface area contributed by atoms with Gasteiger partial charge in [0.15, 0.2) is 0 Å². The quantitative estimate of drug-likeness (QED) is 0.444. The number of hydrogen-bond acceptors (Lipinski definition) is 5. The van der Waals surface area contributed by atoms with Crippen LogP contribution in [0.25, 0.3) is 0 Å². The monoisotopic (exact) mass is 527 g/mol. The third kappa shape index (κ3) is 5.73. The van der Waals surface area contributed by atoms with Crippen molar-refractivity contribution >= 4 is 27.5 Å². The van der Waals surface area contributed by atoms with Gasteiger partial charge in [-0.05, 0) is 29.3 Å². The van der Waals surface area contributed by atoms with Gasteiger partial charge in [-0.25, -0.2) is 8.42 Å². The molecule has 3 aromatic carbocycles. The van der Waals surface area contributed by atoms with E-state index in [1.807, 2.05) is 36.4 Å². The fraction of sp³-hybridized carbons (Fsp3) is 0.296. The van der Waals surface area contributed by atoms with Crippen molar-refractivity contribution in [2.75, 3.05) is 46.9 Å². The molecule has 0 aliphatic carbocycles. The maximum atomic E-state index is 13.0. The van der Waals surface area contributed by atoms with Gasteiger partial charge in [0.05, 0.1) is 29.6 Å². The molecule has 0 atom stereocenters. The molecule has 1 heterocycles. The van der Waals surface area contributed by atoms with Crippen molar-refractivity contribution in [1.29, 1.82) is 0 Å². The third-order valence-electron chi connectivity index (χ3n) is 6.45. The van der Waals surface area contributed by atoms with Crippen LogP contribution in [-0.2, 0) is 14.8 Å². The van der Waals surface area contributed by atoms with Crippen molar-refractivity contribution < 1.29 is 17.9 Å². The Morgan fingerprint density at radius 3 is 2.00 bits per heavy atom. The molecule has 9 heteroatoms. The number of likely N-dealkylation sites (N-methyl/N-ethyl adjacent to an activating group) is 1. The number of hydrogen-bond donors (Lipinski definition) is 0. The van der Waals surface area contributed by atoms with Crippen LogP contribution >= 0.6 is 11.6 Å². The summed E-state index contributed by atoms with van der Waals surface area (Å²) in [5, 5.41) is 0.195. The fourth-order valence-corrected chi connectivity index (χ4v) is 5.95. The summed E-state index contributed by atoms with van der Waals surface area (Å²) in [6.07, 6.45) is 0. The number of amides is 1. The Labute approximate surface area is 217 Å². The number of rotatable bonds is 8. The number of benzene rings is 3. The molecule has 36 heavy (non-hydrogen) atoms. The molecule has 0 bridgehead atoms. The van der Waals surface area contributed by atoms with E-state index in [2.05, 4.69) is 29.2 Å². The molecule has 1 aliphatic rings. The highest BCUT2D eigenvalue weighted by Gasteiger charge is 2.30. The van der Waals surface area contributed by atoms with Crippen LogP contribution in [0.2, 0.25) is 5.02 Å². The number of piperazine rings is 1. The average Bonchev–Trinajstić information content (AvgIpc) is 2.90. The first-order chi connectivity index (χ1) is 17.3. The van der Waals surface area contributed by atoms with Crippen molar-refractivity contribution in [2.45, 2.75) is 10.9 Å². The van der Waals surface area contributed by atoms with Crippen molar-refractivity contribution in [3.63, 3.8) is 0 Å². The van der Waals surface area contributed by atoms with Crippen molar-refractivity contribution in [2.24, 2.45) is 0 Å². The molecule has 0 saturated carbocycles. The second kappa shape index (κ2) is 11.4. The maximum Gasteiger partial charge on any atom is 0.243 e. The maximum absolute atomic E-state index is 13.0. The molecule has 1 fully saturated rings. The minimum atomic E-state index is -3.88. The van der Waals surface area contributed by atoms with Crippen molar-refractivity contribution in [3.05, 3.63) is 95.0 Å². The summed E-state index contributed by atoms with van der Waals surface area (Å²) in [5.41, 5.74) is 2.40. The number of nitrogens with zero attached hydrogens (tertiary/aromatic N) is 3. The Morgan fingerprint density at radius 2 is 1.50 bits per heavy atom. The molecule has 190 valence electrons. The average molecular weight is 528 g/mol. The minimum Gasteiger partial charge on any atom is -0.495 e. The zero-order chi connectivity index (χ0) is 25.7. The molecule has 1 amide bonds. The zero-order valence-electron chi connectivity index (χ0n) is 20.4. The first-order valence-electron chi connectivity index (χ1n) is 11.7. The van der Waals surface area contributed by atoms with Gasteiger partial charge in [0.1, 0.15) is 5.75 Å². The molecule has 1 aliphatic heterocycles. The Balaban J connectivity index is 1.41. The molecule has 0 radical (unpaired) electrons. The molecule has 1 saturated heterocycles. The molecular formula is C27H30ClN3O4S. The molecule has 0 unspecified atom stereocenters. The van der Waals surface area contributed by atoms with Gasteiger partial charge in [-0.3, -0.25) is 9.69 Å². The highest BCUT2D eigenvalue weighted by molar-refractivity contribution is 7.89. The first-order valence-corrected chi connectivity index (χ1v) is 13.5. The number of ether oxygens (including phenoxy) is 1. The van der Waals surface area contributed by atoms with Crippen LogP contribution in [0.5, 0.6) is 5.75 Å². The van der Waals surface area contributed by atoms with E-state index in [4.69, 9.17) is 16.3 Å². The SMILES string of the molecule is COc1ccc(S(=O)(=O)N(C)CC(=O)N2CCN(C(c3ccccc3)c3ccccc3)CC2)cc1Cl. The largest absolute Gasteiger partial charge is 0.495 e. The Bertz CT molecular complexity index is 1240. The standard InChI is InChI=1S/C27H30ClN3O4S/c1-29(36(33,34)23-13-14-25(35-2)24(28)19-23)20-26(32)30-15-17-31(18-16-30)27(21-9-5-3-6-10-21)22-11-7-4-8-12-22/h3-14,19,27H,15-18,20H2,1-2H3. The Kier molecular flexibility index (Phi) is 8.31. The number of halogens is 1. The van der Waals surface area contributed by atoms with Gasteiger partial charge in [-0.1, -0.05) is 72.3 Å². The van der Waals surface area contributed by atoms with E-state index in [9.17, 15) is 13.2 Å². The number of methoxy groups -OCH3 is 1. The van der Waals surface area contributed by atoms with E-state index < -0.39 is 10.0 Å². The number of carbonyl (C=O) groups excluding carboxylic acids is 1. The lowest BCUT2D eigenvalue weighted by atomic mass is 9.96. The lowest BCUT2D eigenvalue weighted by Gasteiger charge is -2.40. The minimum absolute atomic E-state index is 0.0157. The topological polar surface area (TPSA) is 70.2 Å². The van der Waals surface area contributed by atoms with Gasteiger partial charge in [-0.2, -0.15) is 4.31 Å². The molecule has 3 aromatic rings. The lowest BCUT2D eigenvalue weighted by Crippen LogP contribution is -2.52. The zero-order valence-corrected chi connectivity index (χ0v) is 22.0. The van der Waals surface area contributed by atoms with Crippen LogP contribution in [0, 0.1) is 0 Å². The fourth-order valence-electron chi connectivity index (χ4n) is 4.48. The van der Waals surface area contributed by atoms with Gasteiger partial charge >= 0.3 is 0 Å². The second-order valence-corrected chi connectivity index (χ2v) is 11.2. The summed E-state index contributed by atoms with van der Waals surface area (Å²) in [4.78, 5) is 17.1. The smallest absolute Gasteiger partial charge is 0.243 e. The normalized spacial score (nSPS) is 14.9. The number of carbonyl (C=O) groups is 1. The van der Waals surface area contributed by atoms with Crippen molar-refractivity contribution in [1.82, 2.24) is 14.1 Å². The summed E-state index contributed by atoms with van der Waals surface area (Å²) in [7, 11) is -1.02. The summed E-state index contributed by atoms with van der Waals surface area (Å²) in [5.74, 6) is 0.160. The molecule has 4 rings (SSSR count). The van der Waals surface area contributed by atoms with Crippen LogP contribution in [0.4, 0.5) is 0 Å². The summed E-state index contributed by atoms with van der Waals surface area (Å²) in [6.45, 7) is 2.18. The number of sulfonamides is 1.